The smallest absolute Gasteiger partial charge is 0.336 e. The van der Waals surface area contributed by atoms with Gasteiger partial charge in [-0.25, -0.2) is 4.79 Å². The summed E-state index contributed by atoms with van der Waals surface area (Å²) in [6, 6.07) is 15.8. The van der Waals surface area contributed by atoms with Crippen LogP contribution in [0.25, 0.3) is 0 Å². The molecule has 0 bridgehead atoms. The van der Waals surface area contributed by atoms with E-state index in [1.165, 1.54) is 0 Å². The third-order valence-corrected chi connectivity index (χ3v) is 7.03. The second-order valence-corrected chi connectivity index (χ2v) is 9.68. The van der Waals surface area contributed by atoms with Gasteiger partial charge in [0.15, 0.2) is 17.3 Å². The lowest BCUT2D eigenvalue weighted by Crippen LogP contribution is -2.36. The highest BCUT2D eigenvalue weighted by Gasteiger charge is 2.41. The van der Waals surface area contributed by atoms with Crippen molar-refractivity contribution in [2.45, 2.75) is 64.7 Å². The van der Waals surface area contributed by atoms with Crippen molar-refractivity contribution in [3.63, 3.8) is 0 Å². The Morgan fingerprint density at radius 3 is 2.46 bits per heavy atom. The van der Waals surface area contributed by atoms with Gasteiger partial charge in [0, 0.05) is 29.3 Å². The summed E-state index contributed by atoms with van der Waals surface area (Å²) in [6.45, 7) is 6.91. The Hall–Kier alpha value is -3.54. The van der Waals surface area contributed by atoms with Crippen LogP contribution in [0.15, 0.2) is 71.1 Å². The lowest BCUT2D eigenvalue weighted by atomic mass is 9.71. The number of ketones is 1. The van der Waals surface area contributed by atoms with Crippen molar-refractivity contribution in [2.75, 3.05) is 20.3 Å². The van der Waals surface area contributed by atoms with Gasteiger partial charge in [-0.3, -0.25) is 4.79 Å². The summed E-state index contributed by atoms with van der Waals surface area (Å²) in [6.07, 6.45) is 3.69. The van der Waals surface area contributed by atoms with Gasteiger partial charge >= 0.3 is 5.97 Å². The zero-order valence-electron chi connectivity index (χ0n) is 22.3. The molecule has 2 aromatic rings. The van der Waals surface area contributed by atoms with Crippen LogP contribution in [-0.4, -0.2) is 32.1 Å². The van der Waals surface area contributed by atoms with E-state index in [1.54, 1.807) is 7.11 Å². The molecular formula is C31H37NO5. The normalized spacial score (nSPS) is 19.3. The van der Waals surface area contributed by atoms with E-state index in [9.17, 15) is 9.59 Å². The number of benzene rings is 2. The monoisotopic (exact) mass is 503 g/mol. The van der Waals surface area contributed by atoms with Crippen LogP contribution >= 0.6 is 0 Å². The third kappa shape index (κ3) is 5.74. The average Bonchev–Trinajstić information content (AvgIpc) is 2.91. The fourth-order valence-corrected chi connectivity index (χ4v) is 5.19. The van der Waals surface area contributed by atoms with Crippen molar-refractivity contribution < 1.29 is 23.8 Å². The van der Waals surface area contributed by atoms with E-state index in [4.69, 9.17) is 14.2 Å². The number of nitrogens with one attached hydrogen (secondary N) is 1. The Morgan fingerprint density at radius 1 is 0.973 bits per heavy atom. The summed E-state index contributed by atoms with van der Waals surface area (Å²) in [5.74, 6) is 0.425. The minimum Gasteiger partial charge on any atom is -0.493 e. The van der Waals surface area contributed by atoms with Crippen molar-refractivity contribution in [2.24, 2.45) is 0 Å². The van der Waals surface area contributed by atoms with Crippen LogP contribution in [0.3, 0.4) is 0 Å². The van der Waals surface area contributed by atoms with Crippen molar-refractivity contribution in [3.8, 4) is 11.5 Å². The molecule has 1 N–H and O–H groups in total. The number of carbonyl (C=O) groups excluding carboxylic acids is 2. The molecule has 1 aliphatic carbocycles. The van der Waals surface area contributed by atoms with E-state index < -0.39 is 11.9 Å². The highest BCUT2D eigenvalue weighted by Crippen LogP contribution is 2.47. The molecule has 196 valence electrons. The number of hydrogen-bond acceptors (Lipinski definition) is 6. The van der Waals surface area contributed by atoms with Crippen LogP contribution in [0.4, 0.5) is 0 Å². The molecule has 2 aliphatic rings. The number of dihydropyridines is 1. The molecule has 2 atom stereocenters. The number of allylic oxidation sites excluding steroid dienone is 3. The number of carbonyl (C=O) groups is 2. The number of rotatable bonds is 10. The second-order valence-electron chi connectivity index (χ2n) is 9.68. The molecule has 0 saturated carbocycles. The first-order chi connectivity index (χ1) is 18.0. The predicted octanol–water partition coefficient (Wildman–Crippen LogP) is 6.19. The first-order valence-corrected chi connectivity index (χ1v) is 13.2. The number of Topliss-reactive ketones (excluding diaryl/α,β-unsaturated/α-hetero) is 1. The Bertz CT molecular complexity index is 1200. The minimum absolute atomic E-state index is 0.0456. The zero-order valence-corrected chi connectivity index (χ0v) is 22.3. The highest BCUT2D eigenvalue weighted by atomic mass is 16.5. The standard InChI is InChI=1S/C31H37NO5/c1-5-7-16-37-31(34)28-20(3)32-24-17-23(21-11-9-8-10-12-21)18-25(33)30(24)29(28)22-13-14-26(36-15-6-2)27(19-22)35-4/h8-14,19,23,29,32H,5-7,15-18H2,1-4H3/t23-,29+/m0/s1. The Balaban J connectivity index is 1.77. The highest BCUT2D eigenvalue weighted by molar-refractivity contribution is 6.04. The van der Waals surface area contributed by atoms with Crippen LogP contribution in [0.5, 0.6) is 11.5 Å². The summed E-state index contributed by atoms with van der Waals surface area (Å²) in [5, 5.41) is 3.42. The molecule has 2 aromatic carbocycles. The molecule has 0 saturated heterocycles. The largest absolute Gasteiger partial charge is 0.493 e. The van der Waals surface area contributed by atoms with E-state index in [-0.39, 0.29) is 11.7 Å². The number of unbranched alkanes of at least 4 members (excludes halogenated alkanes) is 1. The number of methoxy groups -OCH3 is 1. The molecule has 0 amide bonds. The van der Waals surface area contributed by atoms with Gasteiger partial charge < -0.3 is 19.5 Å². The Labute approximate surface area is 219 Å². The number of ether oxygens (including phenoxy) is 3. The molecular weight excluding hydrogens is 466 g/mol. The quantitative estimate of drug-likeness (QED) is 0.308. The second kappa shape index (κ2) is 12.1. The topological polar surface area (TPSA) is 73.9 Å². The Morgan fingerprint density at radius 2 is 1.76 bits per heavy atom. The summed E-state index contributed by atoms with van der Waals surface area (Å²) in [7, 11) is 1.60. The van der Waals surface area contributed by atoms with Gasteiger partial charge in [-0.1, -0.05) is 56.7 Å². The molecule has 6 heteroatoms. The third-order valence-electron chi connectivity index (χ3n) is 7.03. The van der Waals surface area contributed by atoms with E-state index in [0.717, 1.165) is 41.8 Å². The van der Waals surface area contributed by atoms with Gasteiger partial charge in [0.2, 0.25) is 0 Å². The fraction of sp³-hybridized carbons (Fsp3) is 0.419. The van der Waals surface area contributed by atoms with Crippen LogP contribution in [0.1, 0.15) is 75.8 Å². The van der Waals surface area contributed by atoms with E-state index in [0.29, 0.717) is 48.7 Å². The van der Waals surface area contributed by atoms with Crippen LogP contribution in [-0.2, 0) is 14.3 Å². The van der Waals surface area contributed by atoms with Crippen molar-refractivity contribution >= 4 is 11.8 Å². The maximum atomic E-state index is 13.8. The van der Waals surface area contributed by atoms with Gasteiger partial charge in [0.25, 0.3) is 0 Å². The summed E-state index contributed by atoms with van der Waals surface area (Å²) in [4.78, 5) is 27.2. The van der Waals surface area contributed by atoms with Crippen LogP contribution in [0, 0.1) is 0 Å². The lowest BCUT2D eigenvalue weighted by Gasteiger charge is -2.37. The maximum absolute atomic E-state index is 13.8. The number of esters is 1. The molecule has 6 nitrogen and oxygen atoms in total. The van der Waals surface area contributed by atoms with Crippen molar-refractivity contribution in [3.05, 3.63) is 82.2 Å². The van der Waals surface area contributed by atoms with Gasteiger partial charge in [-0.15, -0.1) is 0 Å². The molecule has 37 heavy (non-hydrogen) atoms. The summed E-state index contributed by atoms with van der Waals surface area (Å²) < 4.78 is 17.1. The van der Waals surface area contributed by atoms with Gasteiger partial charge in [-0.2, -0.15) is 0 Å². The summed E-state index contributed by atoms with van der Waals surface area (Å²) >= 11 is 0. The molecule has 0 aromatic heterocycles. The van der Waals surface area contributed by atoms with E-state index in [1.807, 2.05) is 50.2 Å². The van der Waals surface area contributed by atoms with Gasteiger partial charge in [-0.05, 0) is 55.4 Å². The fourth-order valence-electron chi connectivity index (χ4n) is 5.19. The first-order valence-electron chi connectivity index (χ1n) is 13.2. The molecule has 1 aliphatic heterocycles. The molecule has 0 spiro atoms. The van der Waals surface area contributed by atoms with E-state index in [2.05, 4.69) is 24.4 Å². The van der Waals surface area contributed by atoms with Gasteiger partial charge in [0.05, 0.1) is 25.9 Å². The lowest BCUT2D eigenvalue weighted by molar-refractivity contribution is -0.139. The van der Waals surface area contributed by atoms with E-state index >= 15 is 0 Å². The predicted molar refractivity (Wildman–Crippen MR) is 144 cm³/mol. The number of hydrogen-bond donors (Lipinski definition) is 1. The molecule has 0 fully saturated rings. The maximum Gasteiger partial charge on any atom is 0.336 e. The van der Waals surface area contributed by atoms with Crippen molar-refractivity contribution in [1.82, 2.24) is 5.32 Å². The zero-order chi connectivity index (χ0) is 26.4. The van der Waals surface area contributed by atoms with Crippen LogP contribution in [0.2, 0.25) is 0 Å². The minimum atomic E-state index is -0.538. The summed E-state index contributed by atoms with van der Waals surface area (Å²) in [5.41, 5.74) is 4.67. The van der Waals surface area contributed by atoms with Crippen molar-refractivity contribution in [1.29, 1.82) is 0 Å². The molecule has 4 rings (SSSR count). The molecule has 1 heterocycles. The SMILES string of the molecule is CCCCOC(=O)C1=C(C)NC2=C(C(=O)C[C@@H](c3ccccc3)C2)[C@@H]1c1ccc(OCCC)c(OC)c1. The average molecular weight is 504 g/mol. The Kier molecular flexibility index (Phi) is 8.70. The first kappa shape index (κ1) is 26.5. The molecule has 0 radical (unpaired) electrons. The van der Waals surface area contributed by atoms with Crippen LogP contribution < -0.4 is 14.8 Å². The molecule has 0 unspecified atom stereocenters. The van der Waals surface area contributed by atoms with Gasteiger partial charge in [0.1, 0.15) is 0 Å².